The summed E-state index contributed by atoms with van der Waals surface area (Å²) in [7, 11) is 0.158. The molecule has 2 heterocycles. The van der Waals surface area contributed by atoms with E-state index in [-0.39, 0.29) is 17.2 Å². The second kappa shape index (κ2) is 13.9. The summed E-state index contributed by atoms with van der Waals surface area (Å²) in [4.78, 5) is 25.7. The summed E-state index contributed by atoms with van der Waals surface area (Å²) < 4.78 is 31.5. The number of hydrogen-bond donors (Lipinski definition) is 1. The van der Waals surface area contributed by atoms with Crippen LogP contribution in [0, 0.1) is 0 Å². The van der Waals surface area contributed by atoms with Gasteiger partial charge in [-0.3, -0.25) is 0 Å². The average Bonchev–Trinajstić information content (AvgIpc) is 3.68. The SMILES string of the molecule is CCOC(=O)c1cc(OC)c2c(CCO[Si](c3ccccc3)(c3ccccc3)C(C)(C)C)c(-c3cc4ccc(OC)cc4n3C(=O)O)oc2c1. The van der Waals surface area contributed by atoms with E-state index in [9.17, 15) is 14.7 Å². The van der Waals surface area contributed by atoms with Crippen molar-refractivity contribution in [1.29, 1.82) is 0 Å². The minimum absolute atomic E-state index is 0.204. The van der Waals surface area contributed by atoms with Crippen molar-refractivity contribution in [2.45, 2.75) is 39.2 Å². The van der Waals surface area contributed by atoms with Gasteiger partial charge in [0.25, 0.3) is 8.32 Å². The lowest BCUT2D eigenvalue weighted by atomic mass is 10.0. The van der Waals surface area contributed by atoms with Crippen molar-refractivity contribution in [3.05, 3.63) is 108 Å². The summed E-state index contributed by atoms with van der Waals surface area (Å²) in [6.45, 7) is 8.89. The van der Waals surface area contributed by atoms with Gasteiger partial charge in [0.15, 0.2) is 5.76 Å². The summed E-state index contributed by atoms with van der Waals surface area (Å²) in [5.74, 6) is 0.742. The molecule has 0 amide bonds. The first-order chi connectivity index (χ1) is 24.0. The minimum atomic E-state index is -2.90. The number of carbonyl (C=O) groups excluding carboxylic acids is 1. The maximum Gasteiger partial charge on any atom is 0.416 e. The van der Waals surface area contributed by atoms with Crippen molar-refractivity contribution in [3.63, 3.8) is 0 Å². The molecule has 6 aromatic rings. The minimum Gasteiger partial charge on any atom is -0.497 e. The average molecular weight is 692 g/mol. The summed E-state index contributed by atoms with van der Waals surface area (Å²) in [5.41, 5.74) is 2.10. The van der Waals surface area contributed by atoms with Crippen LogP contribution >= 0.6 is 0 Å². The van der Waals surface area contributed by atoms with Crippen molar-refractivity contribution in [2.24, 2.45) is 0 Å². The largest absolute Gasteiger partial charge is 0.497 e. The number of fused-ring (bicyclic) bond motifs is 2. The fourth-order valence-corrected chi connectivity index (χ4v) is 11.5. The molecule has 0 aliphatic carbocycles. The van der Waals surface area contributed by atoms with Crippen molar-refractivity contribution < 1.29 is 37.7 Å². The number of furan rings is 1. The quantitative estimate of drug-likeness (QED) is 0.108. The van der Waals surface area contributed by atoms with Crippen molar-refractivity contribution >= 4 is 52.6 Å². The van der Waals surface area contributed by atoms with Gasteiger partial charge in [-0.05, 0) is 59.1 Å². The number of esters is 1. The summed E-state index contributed by atoms with van der Waals surface area (Å²) in [6.07, 6.45) is -0.829. The van der Waals surface area contributed by atoms with Crippen LogP contribution in [-0.2, 0) is 15.6 Å². The summed E-state index contributed by atoms with van der Waals surface area (Å²) in [6, 6.07) is 31.1. The Kier molecular flexibility index (Phi) is 9.59. The van der Waals surface area contributed by atoms with E-state index < -0.39 is 20.4 Å². The molecular formula is C40H41NO8Si. The maximum atomic E-state index is 12.9. The van der Waals surface area contributed by atoms with E-state index in [2.05, 4.69) is 45.0 Å². The van der Waals surface area contributed by atoms with Crippen molar-refractivity contribution in [2.75, 3.05) is 27.4 Å². The fourth-order valence-electron chi connectivity index (χ4n) is 6.94. The van der Waals surface area contributed by atoms with Crippen LogP contribution in [0.4, 0.5) is 4.79 Å². The molecule has 0 aliphatic heterocycles. The number of ether oxygens (including phenoxy) is 3. The molecule has 0 aliphatic rings. The van der Waals surface area contributed by atoms with Crippen LogP contribution < -0.4 is 19.8 Å². The van der Waals surface area contributed by atoms with Crippen LogP contribution in [0.15, 0.2) is 101 Å². The van der Waals surface area contributed by atoms with E-state index in [1.807, 2.05) is 42.5 Å². The van der Waals surface area contributed by atoms with Gasteiger partial charge in [-0.15, -0.1) is 0 Å². The van der Waals surface area contributed by atoms with E-state index in [4.69, 9.17) is 23.1 Å². The third kappa shape index (κ3) is 6.05. The Morgan fingerprint density at radius 3 is 2.08 bits per heavy atom. The van der Waals surface area contributed by atoms with Crippen LogP contribution in [0.2, 0.25) is 5.04 Å². The first-order valence-corrected chi connectivity index (χ1v) is 18.4. The third-order valence-electron chi connectivity index (χ3n) is 9.11. The molecule has 9 nitrogen and oxygen atoms in total. The number of methoxy groups -OCH3 is 2. The molecule has 6 rings (SSSR count). The lowest BCUT2D eigenvalue weighted by Crippen LogP contribution is -2.66. The highest BCUT2D eigenvalue weighted by Gasteiger charge is 2.50. The molecule has 10 heteroatoms. The summed E-state index contributed by atoms with van der Waals surface area (Å²) in [5, 5.41) is 13.9. The topological polar surface area (TPSA) is 109 Å². The molecule has 0 spiro atoms. The zero-order valence-corrected chi connectivity index (χ0v) is 30.1. The molecule has 4 aromatic carbocycles. The number of carboxylic acid groups (broad SMARTS) is 1. The van der Waals surface area contributed by atoms with E-state index in [1.165, 1.54) is 18.8 Å². The molecule has 0 bridgehead atoms. The molecule has 0 fully saturated rings. The molecule has 0 saturated heterocycles. The number of benzene rings is 4. The Morgan fingerprint density at radius 1 is 0.860 bits per heavy atom. The lowest BCUT2D eigenvalue weighted by molar-refractivity contribution is 0.0526. The van der Waals surface area contributed by atoms with Gasteiger partial charge in [-0.1, -0.05) is 81.4 Å². The normalized spacial score (nSPS) is 12.0. The second-order valence-corrected chi connectivity index (χ2v) is 17.3. The van der Waals surface area contributed by atoms with Gasteiger partial charge < -0.3 is 28.2 Å². The van der Waals surface area contributed by atoms with Gasteiger partial charge in [0.2, 0.25) is 0 Å². The van der Waals surface area contributed by atoms with E-state index in [0.29, 0.717) is 63.4 Å². The van der Waals surface area contributed by atoms with Gasteiger partial charge >= 0.3 is 12.1 Å². The highest BCUT2D eigenvalue weighted by molar-refractivity contribution is 6.99. The molecule has 2 aromatic heterocycles. The smallest absolute Gasteiger partial charge is 0.416 e. The van der Waals surface area contributed by atoms with E-state index >= 15 is 0 Å². The zero-order chi connectivity index (χ0) is 35.6. The predicted octanol–water partition coefficient (Wildman–Crippen LogP) is 7.89. The fraction of sp³-hybridized carbons (Fsp3) is 0.250. The van der Waals surface area contributed by atoms with Gasteiger partial charge in [0.1, 0.15) is 17.1 Å². The van der Waals surface area contributed by atoms with E-state index in [0.717, 1.165) is 10.4 Å². The Balaban J connectivity index is 1.55. The van der Waals surface area contributed by atoms with Crippen LogP contribution in [0.1, 0.15) is 43.6 Å². The number of aromatic nitrogens is 1. The summed E-state index contributed by atoms with van der Waals surface area (Å²) >= 11 is 0. The zero-order valence-electron chi connectivity index (χ0n) is 29.1. The Morgan fingerprint density at radius 2 is 1.52 bits per heavy atom. The number of carbonyl (C=O) groups is 2. The van der Waals surface area contributed by atoms with Crippen molar-refractivity contribution in [3.8, 4) is 23.0 Å². The van der Waals surface area contributed by atoms with Crippen LogP contribution in [-0.4, -0.2) is 57.5 Å². The maximum absolute atomic E-state index is 12.9. The molecule has 1 N–H and O–H groups in total. The molecule has 0 unspecified atom stereocenters. The molecule has 0 atom stereocenters. The molecule has 0 saturated carbocycles. The van der Waals surface area contributed by atoms with Gasteiger partial charge in [0, 0.05) is 23.6 Å². The van der Waals surface area contributed by atoms with Gasteiger partial charge in [0.05, 0.1) is 43.0 Å². The highest BCUT2D eigenvalue weighted by Crippen LogP contribution is 2.43. The Hall–Kier alpha value is -5.32. The van der Waals surface area contributed by atoms with Crippen molar-refractivity contribution in [1.82, 2.24) is 4.57 Å². The predicted molar refractivity (Wildman–Crippen MR) is 197 cm³/mol. The first-order valence-electron chi connectivity index (χ1n) is 16.5. The molecule has 0 radical (unpaired) electrons. The lowest BCUT2D eigenvalue weighted by Gasteiger charge is -2.43. The molecule has 258 valence electrons. The van der Waals surface area contributed by atoms with Crippen LogP contribution in [0.25, 0.3) is 33.3 Å². The number of hydrogen-bond acceptors (Lipinski definition) is 7. The molecule has 50 heavy (non-hydrogen) atoms. The Labute approximate surface area is 292 Å². The molecular weight excluding hydrogens is 651 g/mol. The van der Waals surface area contributed by atoms with Gasteiger partial charge in [-0.25, -0.2) is 14.2 Å². The monoisotopic (exact) mass is 691 g/mol. The highest BCUT2D eigenvalue weighted by atomic mass is 28.4. The van der Waals surface area contributed by atoms with Crippen LogP contribution in [0.3, 0.4) is 0 Å². The number of rotatable bonds is 11. The number of nitrogens with zero attached hydrogens (tertiary/aromatic N) is 1. The second-order valence-electron chi connectivity index (χ2n) is 13.0. The van der Waals surface area contributed by atoms with Crippen LogP contribution in [0.5, 0.6) is 11.5 Å². The Bertz CT molecular complexity index is 2120. The first kappa shape index (κ1) is 34.5. The van der Waals surface area contributed by atoms with Gasteiger partial charge in [-0.2, -0.15) is 0 Å². The standard InChI is InChI=1S/C40H41NO8Si/c1-7-47-38(42)27-23-34(46-6)36-31(20-21-48-50(40(2,3)4,29-14-10-8-11-15-29)30-16-12-9-13-17-30)37(49-35(36)24-27)33-22-26-18-19-28(45-5)25-32(26)41(33)39(43)44/h8-19,22-25H,7,20-21H2,1-6H3,(H,43,44). The third-order valence-corrected chi connectivity index (χ3v) is 14.2. The van der Waals surface area contributed by atoms with E-state index in [1.54, 1.807) is 37.3 Å².